The van der Waals surface area contributed by atoms with Gasteiger partial charge >= 0.3 is 0 Å². The lowest BCUT2D eigenvalue weighted by atomic mass is 10.2. The first kappa shape index (κ1) is 7.62. The van der Waals surface area contributed by atoms with Crippen LogP contribution in [-0.2, 0) is 0 Å². The van der Waals surface area contributed by atoms with Crippen molar-refractivity contribution in [3.8, 4) is 0 Å². The lowest BCUT2D eigenvalue weighted by Crippen LogP contribution is -2.26. The Balaban J connectivity index is 3.44. The highest BCUT2D eigenvalue weighted by Crippen LogP contribution is 1.90. The average molecular weight is 118 g/mol. The molecule has 0 heterocycles. The third kappa shape index (κ3) is 2.07. The molecule has 0 radical (unpaired) electrons. The molecule has 0 bridgehead atoms. The fourth-order valence-corrected chi connectivity index (χ4v) is 0.265. The maximum absolute atomic E-state index is 8.60. The molecule has 0 aliphatic heterocycles. The van der Waals surface area contributed by atoms with Crippen LogP contribution in [0.3, 0.4) is 0 Å². The Kier molecular flexibility index (Phi) is 3.43. The van der Waals surface area contributed by atoms with Crippen molar-refractivity contribution in [2.45, 2.75) is 12.2 Å². The summed E-state index contributed by atoms with van der Waals surface area (Å²) in [7, 11) is 0. The second-order valence-corrected chi connectivity index (χ2v) is 1.48. The summed E-state index contributed by atoms with van der Waals surface area (Å²) in [4.78, 5) is 0. The van der Waals surface area contributed by atoms with Gasteiger partial charge in [0.15, 0.2) is 0 Å². The summed E-state index contributed by atoms with van der Waals surface area (Å²) in [5.41, 5.74) is 0. The zero-order valence-corrected chi connectivity index (χ0v) is 4.49. The first-order chi connectivity index (χ1) is 3.72. The molecule has 0 saturated carbocycles. The molecular formula is C5H10O3. The second-order valence-electron chi connectivity index (χ2n) is 1.48. The van der Waals surface area contributed by atoms with Gasteiger partial charge in [0.05, 0.1) is 12.7 Å². The molecule has 8 heavy (non-hydrogen) atoms. The molecule has 0 aromatic carbocycles. The number of aliphatic hydroxyl groups is 3. The van der Waals surface area contributed by atoms with E-state index in [0.29, 0.717) is 0 Å². The summed E-state index contributed by atoms with van der Waals surface area (Å²) in [6, 6.07) is 0. The third-order valence-electron chi connectivity index (χ3n) is 0.823. The van der Waals surface area contributed by atoms with E-state index in [2.05, 4.69) is 6.58 Å². The summed E-state index contributed by atoms with van der Waals surface area (Å²) < 4.78 is 0. The van der Waals surface area contributed by atoms with Gasteiger partial charge in [-0.15, -0.1) is 6.58 Å². The van der Waals surface area contributed by atoms with E-state index in [0.717, 1.165) is 0 Å². The Hall–Kier alpha value is -0.380. The Morgan fingerprint density at radius 1 is 1.50 bits per heavy atom. The molecule has 3 N–H and O–H groups in total. The van der Waals surface area contributed by atoms with Crippen LogP contribution in [-0.4, -0.2) is 34.1 Å². The predicted octanol–water partition coefficient (Wildman–Crippen LogP) is -1.11. The number of hydrogen-bond donors (Lipinski definition) is 3. The summed E-state index contributed by atoms with van der Waals surface area (Å²) in [5, 5.41) is 25.3. The first-order valence-corrected chi connectivity index (χ1v) is 2.32. The van der Waals surface area contributed by atoms with E-state index in [-0.39, 0.29) is 0 Å². The molecule has 0 saturated heterocycles. The van der Waals surface area contributed by atoms with Crippen LogP contribution in [0.4, 0.5) is 0 Å². The highest BCUT2D eigenvalue weighted by Gasteiger charge is 2.09. The van der Waals surface area contributed by atoms with Gasteiger partial charge in [0, 0.05) is 0 Å². The van der Waals surface area contributed by atoms with Crippen LogP contribution in [0, 0.1) is 0 Å². The van der Waals surface area contributed by atoms with Gasteiger partial charge in [-0.25, -0.2) is 0 Å². The summed E-state index contributed by atoms with van der Waals surface area (Å²) >= 11 is 0. The van der Waals surface area contributed by atoms with E-state index >= 15 is 0 Å². The first-order valence-electron chi connectivity index (χ1n) is 2.32. The van der Waals surface area contributed by atoms with E-state index in [1.54, 1.807) is 0 Å². The molecule has 0 spiro atoms. The third-order valence-corrected chi connectivity index (χ3v) is 0.823. The summed E-state index contributed by atoms with van der Waals surface area (Å²) in [6.07, 6.45) is -0.937. The van der Waals surface area contributed by atoms with Gasteiger partial charge in [0.25, 0.3) is 0 Å². The van der Waals surface area contributed by atoms with Crippen molar-refractivity contribution in [1.29, 1.82) is 0 Å². The SMILES string of the molecule is C=CC(O)[C@H](O)CO. The molecule has 0 fully saturated rings. The van der Waals surface area contributed by atoms with Crippen LogP contribution < -0.4 is 0 Å². The maximum Gasteiger partial charge on any atom is 0.106 e. The molecule has 3 nitrogen and oxygen atoms in total. The van der Waals surface area contributed by atoms with Gasteiger partial charge in [-0.3, -0.25) is 0 Å². The van der Waals surface area contributed by atoms with E-state index in [4.69, 9.17) is 15.3 Å². The Bertz CT molecular complexity index is 72.1. The molecule has 0 aromatic heterocycles. The number of rotatable bonds is 3. The molecular weight excluding hydrogens is 108 g/mol. The quantitative estimate of drug-likeness (QED) is 0.412. The van der Waals surface area contributed by atoms with Crippen LogP contribution in [0.1, 0.15) is 0 Å². The molecule has 0 aliphatic rings. The molecule has 1 unspecified atom stereocenters. The van der Waals surface area contributed by atoms with Crippen molar-refractivity contribution >= 4 is 0 Å². The van der Waals surface area contributed by atoms with Crippen LogP contribution in [0.2, 0.25) is 0 Å². The van der Waals surface area contributed by atoms with E-state index < -0.39 is 18.8 Å². The molecule has 0 aliphatic carbocycles. The Labute approximate surface area is 47.9 Å². The smallest absolute Gasteiger partial charge is 0.106 e. The van der Waals surface area contributed by atoms with E-state index in [9.17, 15) is 0 Å². The monoisotopic (exact) mass is 118 g/mol. The maximum atomic E-state index is 8.60. The van der Waals surface area contributed by atoms with Crippen molar-refractivity contribution in [3.63, 3.8) is 0 Å². The van der Waals surface area contributed by atoms with Crippen molar-refractivity contribution in [2.24, 2.45) is 0 Å². The lowest BCUT2D eigenvalue weighted by Gasteiger charge is -2.09. The minimum absolute atomic E-state index is 0.437. The minimum Gasteiger partial charge on any atom is -0.394 e. The number of hydrogen-bond acceptors (Lipinski definition) is 3. The summed E-state index contributed by atoms with van der Waals surface area (Å²) in [5.74, 6) is 0. The second kappa shape index (κ2) is 3.60. The lowest BCUT2D eigenvalue weighted by molar-refractivity contribution is 0.00964. The van der Waals surface area contributed by atoms with E-state index in [1.807, 2.05) is 0 Å². The van der Waals surface area contributed by atoms with Crippen LogP contribution in [0.25, 0.3) is 0 Å². The van der Waals surface area contributed by atoms with Gasteiger partial charge in [0.1, 0.15) is 6.10 Å². The standard InChI is InChI=1S/C5H10O3/c1-2-4(7)5(8)3-6/h2,4-8H,1,3H2/t4?,5-/m1/s1. The largest absolute Gasteiger partial charge is 0.394 e. The minimum atomic E-state index is -1.09. The molecule has 0 amide bonds. The van der Waals surface area contributed by atoms with Crippen LogP contribution in [0.5, 0.6) is 0 Å². The van der Waals surface area contributed by atoms with Crippen LogP contribution >= 0.6 is 0 Å². The zero-order valence-electron chi connectivity index (χ0n) is 4.49. The van der Waals surface area contributed by atoms with Gasteiger partial charge in [-0.1, -0.05) is 6.08 Å². The fourth-order valence-electron chi connectivity index (χ4n) is 0.265. The van der Waals surface area contributed by atoms with Gasteiger partial charge in [-0.2, -0.15) is 0 Å². The topological polar surface area (TPSA) is 60.7 Å². The molecule has 0 aromatic rings. The van der Waals surface area contributed by atoms with Crippen molar-refractivity contribution in [3.05, 3.63) is 12.7 Å². The van der Waals surface area contributed by atoms with Gasteiger partial charge in [-0.05, 0) is 0 Å². The highest BCUT2D eigenvalue weighted by atomic mass is 16.4. The molecule has 3 heteroatoms. The predicted molar refractivity (Wildman–Crippen MR) is 29.3 cm³/mol. The van der Waals surface area contributed by atoms with Crippen LogP contribution in [0.15, 0.2) is 12.7 Å². The number of aliphatic hydroxyl groups excluding tert-OH is 3. The fraction of sp³-hybridized carbons (Fsp3) is 0.600. The van der Waals surface area contributed by atoms with E-state index in [1.165, 1.54) is 6.08 Å². The van der Waals surface area contributed by atoms with Gasteiger partial charge in [0.2, 0.25) is 0 Å². The Morgan fingerprint density at radius 2 is 2.00 bits per heavy atom. The van der Waals surface area contributed by atoms with Gasteiger partial charge < -0.3 is 15.3 Å². The van der Waals surface area contributed by atoms with Crippen molar-refractivity contribution in [1.82, 2.24) is 0 Å². The highest BCUT2D eigenvalue weighted by molar-refractivity contribution is 4.83. The molecule has 48 valence electrons. The normalized spacial score (nSPS) is 17.4. The average Bonchev–Trinajstić information content (AvgIpc) is 1.84. The van der Waals surface area contributed by atoms with Crippen molar-refractivity contribution in [2.75, 3.05) is 6.61 Å². The molecule has 0 rings (SSSR count). The zero-order chi connectivity index (χ0) is 6.57. The van der Waals surface area contributed by atoms with Crippen molar-refractivity contribution < 1.29 is 15.3 Å². The Morgan fingerprint density at radius 3 is 2.12 bits per heavy atom. The summed E-state index contributed by atoms with van der Waals surface area (Å²) in [6.45, 7) is 2.77. The molecule has 2 atom stereocenters.